The largest absolute Gasteiger partial charge is 0.489 e. The van der Waals surface area contributed by atoms with E-state index in [-0.39, 0.29) is 42.6 Å². The highest BCUT2D eigenvalue weighted by Crippen LogP contribution is 2.15. The maximum Gasteiger partial charge on any atom is 0.257 e. The number of ether oxygens (including phenoxy) is 2. The molecule has 0 spiro atoms. The van der Waals surface area contributed by atoms with Crippen molar-refractivity contribution in [3.63, 3.8) is 0 Å². The van der Waals surface area contributed by atoms with Gasteiger partial charge in [0.2, 0.25) is 0 Å². The standard InChI is InChI=1S/C24H34N4O3.HI/c1-5-25-23(29)17-30-21-11-8-10-20(14-21)16-28-24(26-6-2)27-15-19(4)31-22-12-7-9-18(3)13-22;/h7-14,19H,5-6,15-17H2,1-4H3,(H,25,29)(H2,26,27,28);1H. The van der Waals surface area contributed by atoms with E-state index < -0.39 is 0 Å². The first-order valence-corrected chi connectivity index (χ1v) is 10.7. The van der Waals surface area contributed by atoms with Crippen LogP contribution in [-0.4, -0.2) is 44.2 Å². The van der Waals surface area contributed by atoms with Crippen LogP contribution in [0.1, 0.15) is 31.9 Å². The Bertz CT molecular complexity index is 861. The number of hydrogen-bond donors (Lipinski definition) is 3. The van der Waals surface area contributed by atoms with Gasteiger partial charge in [0.1, 0.15) is 17.6 Å². The van der Waals surface area contributed by atoms with Gasteiger partial charge in [-0.1, -0.05) is 24.3 Å². The second-order valence-corrected chi connectivity index (χ2v) is 7.21. The molecule has 0 saturated carbocycles. The van der Waals surface area contributed by atoms with E-state index in [1.807, 2.05) is 76.2 Å². The molecule has 0 aromatic heterocycles. The van der Waals surface area contributed by atoms with E-state index >= 15 is 0 Å². The Morgan fingerprint density at radius 3 is 2.44 bits per heavy atom. The molecule has 8 heteroatoms. The molecule has 3 N–H and O–H groups in total. The first-order chi connectivity index (χ1) is 15.0. The molecule has 0 aliphatic carbocycles. The zero-order chi connectivity index (χ0) is 22.5. The molecule has 0 aliphatic rings. The van der Waals surface area contributed by atoms with Crippen LogP contribution in [0, 0.1) is 6.92 Å². The Morgan fingerprint density at radius 1 is 1.00 bits per heavy atom. The monoisotopic (exact) mass is 554 g/mol. The van der Waals surface area contributed by atoms with Crippen LogP contribution in [0.4, 0.5) is 0 Å². The van der Waals surface area contributed by atoms with Gasteiger partial charge in [-0.3, -0.25) is 4.79 Å². The number of hydrogen-bond acceptors (Lipinski definition) is 4. The van der Waals surface area contributed by atoms with Crippen LogP contribution < -0.4 is 25.4 Å². The summed E-state index contributed by atoms with van der Waals surface area (Å²) in [4.78, 5) is 16.2. The Hall–Kier alpha value is -2.49. The van der Waals surface area contributed by atoms with E-state index in [0.29, 0.717) is 25.4 Å². The predicted molar refractivity (Wildman–Crippen MR) is 140 cm³/mol. The summed E-state index contributed by atoms with van der Waals surface area (Å²) in [6.45, 7) is 10.4. The smallest absolute Gasteiger partial charge is 0.257 e. The molecule has 1 atom stereocenters. The summed E-state index contributed by atoms with van der Waals surface area (Å²) >= 11 is 0. The third kappa shape index (κ3) is 10.7. The van der Waals surface area contributed by atoms with Crippen LogP contribution in [0.15, 0.2) is 53.5 Å². The molecule has 7 nitrogen and oxygen atoms in total. The molecule has 176 valence electrons. The SMILES string of the molecule is CCNC(=O)COc1cccc(CN=C(NCC)NCC(C)Oc2cccc(C)c2)c1.I. The second kappa shape index (κ2) is 15.3. The molecule has 2 aromatic carbocycles. The molecular formula is C24H35IN4O3. The van der Waals surface area contributed by atoms with Crippen molar-refractivity contribution in [3.05, 3.63) is 59.7 Å². The summed E-state index contributed by atoms with van der Waals surface area (Å²) < 4.78 is 11.5. The van der Waals surface area contributed by atoms with Gasteiger partial charge in [-0.2, -0.15) is 0 Å². The number of carbonyl (C=O) groups excluding carboxylic acids is 1. The lowest BCUT2D eigenvalue weighted by Crippen LogP contribution is -2.41. The molecule has 2 rings (SSSR count). The lowest BCUT2D eigenvalue weighted by atomic mass is 10.2. The lowest BCUT2D eigenvalue weighted by Gasteiger charge is -2.18. The van der Waals surface area contributed by atoms with Gasteiger partial charge in [0.05, 0.1) is 13.1 Å². The molecule has 0 bridgehead atoms. The number of amides is 1. The van der Waals surface area contributed by atoms with E-state index in [1.54, 1.807) is 0 Å². The van der Waals surface area contributed by atoms with Crippen LogP contribution >= 0.6 is 24.0 Å². The maximum atomic E-state index is 11.6. The second-order valence-electron chi connectivity index (χ2n) is 7.21. The first-order valence-electron chi connectivity index (χ1n) is 10.7. The Kier molecular flexibility index (Phi) is 13.2. The number of carbonyl (C=O) groups is 1. The van der Waals surface area contributed by atoms with Crippen LogP contribution in [-0.2, 0) is 11.3 Å². The number of benzene rings is 2. The Morgan fingerprint density at radius 2 is 1.72 bits per heavy atom. The average Bonchev–Trinajstić information content (AvgIpc) is 2.75. The molecule has 0 aliphatic heterocycles. The number of halogens is 1. The number of guanidine groups is 1. The number of nitrogens with zero attached hydrogens (tertiary/aromatic N) is 1. The zero-order valence-corrected chi connectivity index (χ0v) is 21.6. The predicted octanol–water partition coefficient (Wildman–Crippen LogP) is 3.65. The van der Waals surface area contributed by atoms with Crippen molar-refractivity contribution in [2.24, 2.45) is 4.99 Å². The minimum absolute atomic E-state index is 0. The van der Waals surface area contributed by atoms with E-state index in [1.165, 1.54) is 5.56 Å². The summed E-state index contributed by atoms with van der Waals surface area (Å²) in [5.41, 5.74) is 2.17. The molecule has 2 aromatic rings. The van der Waals surface area contributed by atoms with Gasteiger partial charge >= 0.3 is 0 Å². The Labute approximate surface area is 208 Å². The van der Waals surface area contributed by atoms with E-state index in [2.05, 4.69) is 20.9 Å². The summed E-state index contributed by atoms with van der Waals surface area (Å²) in [5, 5.41) is 9.29. The van der Waals surface area contributed by atoms with Crippen molar-refractivity contribution in [2.75, 3.05) is 26.2 Å². The molecular weight excluding hydrogens is 519 g/mol. The summed E-state index contributed by atoms with van der Waals surface area (Å²) in [6, 6.07) is 15.6. The summed E-state index contributed by atoms with van der Waals surface area (Å²) in [6.07, 6.45) is -0.0170. The van der Waals surface area contributed by atoms with Crippen molar-refractivity contribution in [3.8, 4) is 11.5 Å². The number of nitrogens with one attached hydrogen (secondary N) is 3. The topological polar surface area (TPSA) is 84.0 Å². The van der Waals surface area contributed by atoms with Crippen molar-refractivity contribution in [2.45, 2.75) is 40.3 Å². The van der Waals surface area contributed by atoms with Gasteiger partial charge in [0.25, 0.3) is 5.91 Å². The van der Waals surface area contributed by atoms with Gasteiger partial charge < -0.3 is 25.4 Å². The molecule has 1 unspecified atom stereocenters. The van der Waals surface area contributed by atoms with Crippen LogP contribution in [0.3, 0.4) is 0 Å². The maximum absolute atomic E-state index is 11.6. The minimum atomic E-state index is -0.133. The van der Waals surface area contributed by atoms with Gasteiger partial charge in [-0.15, -0.1) is 24.0 Å². The fraction of sp³-hybridized carbons (Fsp3) is 0.417. The third-order valence-electron chi connectivity index (χ3n) is 4.29. The molecule has 0 radical (unpaired) electrons. The van der Waals surface area contributed by atoms with E-state index in [0.717, 1.165) is 23.8 Å². The van der Waals surface area contributed by atoms with Gasteiger partial charge in [0, 0.05) is 13.1 Å². The lowest BCUT2D eigenvalue weighted by molar-refractivity contribution is -0.122. The van der Waals surface area contributed by atoms with Crippen molar-refractivity contribution < 1.29 is 14.3 Å². The fourth-order valence-corrected chi connectivity index (χ4v) is 2.85. The Balaban J connectivity index is 0.00000512. The molecule has 0 heterocycles. The van der Waals surface area contributed by atoms with Crippen molar-refractivity contribution in [1.82, 2.24) is 16.0 Å². The number of aryl methyl sites for hydroxylation is 1. The summed E-state index contributed by atoms with van der Waals surface area (Å²) in [7, 11) is 0. The van der Waals surface area contributed by atoms with Gasteiger partial charge in [0.15, 0.2) is 12.6 Å². The van der Waals surface area contributed by atoms with Crippen LogP contribution in [0.2, 0.25) is 0 Å². The highest BCUT2D eigenvalue weighted by Gasteiger charge is 2.07. The molecule has 1 amide bonds. The van der Waals surface area contributed by atoms with Crippen molar-refractivity contribution in [1.29, 1.82) is 0 Å². The molecule has 0 saturated heterocycles. The highest BCUT2D eigenvalue weighted by molar-refractivity contribution is 14.0. The minimum Gasteiger partial charge on any atom is -0.489 e. The number of likely N-dealkylation sites (N-methyl/N-ethyl adjacent to an activating group) is 1. The summed E-state index contributed by atoms with van der Waals surface area (Å²) in [5.74, 6) is 2.10. The van der Waals surface area contributed by atoms with E-state index in [4.69, 9.17) is 9.47 Å². The van der Waals surface area contributed by atoms with Crippen LogP contribution in [0.25, 0.3) is 0 Å². The molecule has 0 fully saturated rings. The molecule has 32 heavy (non-hydrogen) atoms. The normalized spacial score (nSPS) is 11.7. The average molecular weight is 554 g/mol. The third-order valence-corrected chi connectivity index (χ3v) is 4.29. The van der Waals surface area contributed by atoms with E-state index in [9.17, 15) is 4.79 Å². The highest BCUT2D eigenvalue weighted by atomic mass is 127. The number of rotatable bonds is 11. The van der Waals surface area contributed by atoms with Gasteiger partial charge in [-0.05, 0) is 63.1 Å². The first kappa shape index (κ1) is 27.5. The van der Waals surface area contributed by atoms with Gasteiger partial charge in [-0.25, -0.2) is 4.99 Å². The van der Waals surface area contributed by atoms with Crippen LogP contribution in [0.5, 0.6) is 11.5 Å². The van der Waals surface area contributed by atoms with Crippen molar-refractivity contribution >= 4 is 35.8 Å². The quantitative estimate of drug-likeness (QED) is 0.225. The zero-order valence-electron chi connectivity index (χ0n) is 19.3. The number of aliphatic imine (C=N–C) groups is 1. The fourth-order valence-electron chi connectivity index (χ4n) is 2.85.